The molecule has 0 aliphatic heterocycles. The highest BCUT2D eigenvalue weighted by Crippen LogP contribution is 2.27. The highest BCUT2D eigenvalue weighted by Gasteiger charge is 2.13. The molecule has 1 saturated carbocycles. The van der Waals surface area contributed by atoms with Gasteiger partial charge < -0.3 is 0 Å². The van der Waals surface area contributed by atoms with E-state index in [0.717, 1.165) is 23.0 Å². The molecule has 1 fully saturated rings. The molecular weight excluding hydrogens is 338 g/mol. The quantitative estimate of drug-likeness (QED) is 0.433. The molecule has 0 N–H and O–H groups in total. The summed E-state index contributed by atoms with van der Waals surface area (Å²) in [6, 6.07) is 10.4. The molecule has 0 heterocycles. The van der Waals surface area contributed by atoms with Crippen LogP contribution >= 0.6 is 0 Å². The average Bonchev–Trinajstić information content (AvgIpc) is 2.59. The minimum absolute atomic E-state index is 0. The topological polar surface area (TPSA) is 0 Å². The fourth-order valence-electron chi connectivity index (χ4n) is 2.82. The van der Waals surface area contributed by atoms with Crippen molar-refractivity contribution in [1.82, 2.24) is 0 Å². The van der Waals surface area contributed by atoms with E-state index in [0.29, 0.717) is 11.1 Å². The molecular formula is C25H38F2. The Morgan fingerprint density at radius 3 is 1.15 bits per heavy atom. The lowest BCUT2D eigenvalue weighted by atomic mass is 9.84. The molecule has 152 valence electrons. The monoisotopic (exact) mass is 376 g/mol. The van der Waals surface area contributed by atoms with Crippen molar-refractivity contribution in [2.45, 2.75) is 74.7 Å². The van der Waals surface area contributed by atoms with Gasteiger partial charge in [-0.05, 0) is 73.9 Å². The molecule has 2 aromatic rings. The van der Waals surface area contributed by atoms with E-state index in [4.69, 9.17) is 0 Å². The molecule has 0 amide bonds. The van der Waals surface area contributed by atoms with E-state index in [9.17, 15) is 8.78 Å². The van der Waals surface area contributed by atoms with E-state index in [2.05, 4.69) is 13.8 Å². The predicted octanol–water partition coefficient (Wildman–Crippen LogP) is 8.35. The van der Waals surface area contributed by atoms with Crippen molar-refractivity contribution in [1.29, 1.82) is 0 Å². The number of halogens is 2. The Balaban J connectivity index is 0.000000369. The zero-order valence-electron chi connectivity index (χ0n) is 17.2. The van der Waals surface area contributed by atoms with E-state index >= 15 is 0 Å². The zero-order chi connectivity index (χ0) is 19.7. The van der Waals surface area contributed by atoms with Crippen LogP contribution in [-0.2, 0) is 0 Å². The summed E-state index contributed by atoms with van der Waals surface area (Å²) in [5, 5.41) is 0. The number of hydrogen-bond donors (Lipinski definition) is 0. The van der Waals surface area contributed by atoms with Crippen LogP contribution in [0.25, 0.3) is 0 Å². The fraction of sp³-hybridized carbons (Fsp3) is 0.520. The van der Waals surface area contributed by atoms with Gasteiger partial charge in [0.25, 0.3) is 0 Å². The van der Waals surface area contributed by atoms with Gasteiger partial charge in [-0.2, -0.15) is 0 Å². The minimum atomic E-state index is -0.116. The van der Waals surface area contributed by atoms with Crippen molar-refractivity contribution in [3.05, 3.63) is 70.3 Å². The SMILES string of the molecule is C.CC1CCC(C)CC1.Cc1ccc(C)c(F)c1.Cc1ccc(C)c(F)c1. The molecule has 3 rings (SSSR count). The molecule has 0 nitrogen and oxygen atoms in total. The van der Waals surface area contributed by atoms with Crippen molar-refractivity contribution < 1.29 is 8.78 Å². The van der Waals surface area contributed by atoms with Gasteiger partial charge in [0, 0.05) is 0 Å². The van der Waals surface area contributed by atoms with Crippen molar-refractivity contribution in [3.8, 4) is 0 Å². The second kappa shape index (κ2) is 12.6. The molecule has 0 saturated heterocycles. The predicted molar refractivity (Wildman–Crippen MR) is 115 cm³/mol. The van der Waals surface area contributed by atoms with Crippen LogP contribution < -0.4 is 0 Å². The van der Waals surface area contributed by atoms with Gasteiger partial charge in [0.1, 0.15) is 11.6 Å². The van der Waals surface area contributed by atoms with Gasteiger partial charge in [0.15, 0.2) is 0 Å². The maximum atomic E-state index is 12.6. The van der Waals surface area contributed by atoms with Crippen molar-refractivity contribution in [2.75, 3.05) is 0 Å². The summed E-state index contributed by atoms with van der Waals surface area (Å²) in [6.07, 6.45) is 5.89. The summed E-state index contributed by atoms with van der Waals surface area (Å²) in [4.78, 5) is 0. The Hall–Kier alpha value is -1.70. The third-order valence-corrected chi connectivity index (χ3v) is 4.96. The van der Waals surface area contributed by atoms with Crippen LogP contribution in [0, 0.1) is 51.2 Å². The number of rotatable bonds is 0. The smallest absolute Gasteiger partial charge is 0.126 e. The van der Waals surface area contributed by atoms with Crippen molar-refractivity contribution in [3.63, 3.8) is 0 Å². The molecule has 1 aliphatic rings. The maximum Gasteiger partial charge on any atom is 0.126 e. The molecule has 0 radical (unpaired) electrons. The van der Waals surface area contributed by atoms with Crippen molar-refractivity contribution >= 4 is 0 Å². The molecule has 0 spiro atoms. The number of benzene rings is 2. The normalized spacial score (nSPS) is 18.2. The molecule has 1 aliphatic carbocycles. The standard InChI is InChI=1S/2C8H9F.C8H16.CH4/c2*1-6-3-4-7(2)8(9)5-6;1-7-3-5-8(2)6-4-7;/h2*3-5H,1-2H3;7-8H,3-6H2,1-2H3;1H4. The Morgan fingerprint density at radius 2 is 0.926 bits per heavy atom. The molecule has 0 aromatic heterocycles. The van der Waals surface area contributed by atoms with Gasteiger partial charge in [-0.15, -0.1) is 0 Å². The van der Waals surface area contributed by atoms with Gasteiger partial charge in [0.2, 0.25) is 0 Å². The Labute approximate surface area is 166 Å². The van der Waals surface area contributed by atoms with Crippen LogP contribution in [0.5, 0.6) is 0 Å². The highest BCUT2D eigenvalue weighted by molar-refractivity contribution is 5.22. The van der Waals surface area contributed by atoms with Crippen LogP contribution in [0.4, 0.5) is 8.78 Å². The van der Waals surface area contributed by atoms with E-state index in [1.807, 2.05) is 26.0 Å². The maximum absolute atomic E-state index is 12.6. The van der Waals surface area contributed by atoms with Gasteiger partial charge in [-0.1, -0.05) is 71.2 Å². The first kappa shape index (κ1) is 25.3. The van der Waals surface area contributed by atoms with Crippen LogP contribution in [0.2, 0.25) is 0 Å². The summed E-state index contributed by atoms with van der Waals surface area (Å²) in [5.74, 6) is 1.81. The lowest BCUT2D eigenvalue weighted by Crippen LogP contribution is -2.08. The van der Waals surface area contributed by atoms with E-state index in [1.165, 1.54) is 37.8 Å². The first-order valence-corrected chi connectivity index (χ1v) is 9.64. The van der Waals surface area contributed by atoms with Gasteiger partial charge in [0.05, 0.1) is 0 Å². The summed E-state index contributed by atoms with van der Waals surface area (Å²) >= 11 is 0. The lowest BCUT2D eigenvalue weighted by Gasteiger charge is -2.22. The Bertz CT molecular complexity index is 609. The van der Waals surface area contributed by atoms with Crippen LogP contribution in [0.3, 0.4) is 0 Å². The van der Waals surface area contributed by atoms with Crippen molar-refractivity contribution in [2.24, 2.45) is 11.8 Å². The second-order valence-electron chi connectivity index (χ2n) is 7.87. The number of aryl methyl sites for hydroxylation is 4. The van der Waals surface area contributed by atoms with E-state index in [1.54, 1.807) is 26.0 Å². The summed E-state index contributed by atoms with van der Waals surface area (Å²) in [6.45, 7) is 12.0. The first-order valence-electron chi connectivity index (χ1n) is 9.64. The molecule has 2 aromatic carbocycles. The highest BCUT2D eigenvalue weighted by atomic mass is 19.1. The van der Waals surface area contributed by atoms with Gasteiger partial charge in [-0.3, -0.25) is 0 Å². The zero-order valence-corrected chi connectivity index (χ0v) is 17.2. The summed E-state index contributed by atoms with van der Waals surface area (Å²) in [5.41, 5.74) is 3.36. The second-order valence-corrected chi connectivity index (χ2v) is 7.87. The average molecular weight is 377 g/mol. The third-order valence-electron chi connectivity index (χ3n) is 4.96. The Morgan fingerprint density at radius 1 is 0.630 bits per heavy atom. The third kappa shape index (κ3) is 10.3. The molecule has 27 heavy (non-hydrogen) atoms. The fourth-order valence-corrected chi connectivity index (χ4v) is 2.82. The molecule has 2 heteroatoms. The molecule has 0 atom stereocenters. The van der Waals surface area contributed by atoms with Crippen LogP contribution in [-0.4, -0.2) is 0 Å². The van der Waals surface area contributed by atoms with E-state index in [-0.39, 0.29) is 19.1 Å². The lowest BCUT2D eigenvalue weighted by molar-refractivity contribution is 0.308. The molecule has 0 bridgehead atoms. The van der Waals surface area contributed by atoms with Crippen LogP contribution in [0.1, 0.15) is 69.2 Å². The summed E-state index contributed by atoms with van der Waals surface area (Å²) < 4.78 is 25.2. The summed E-state index contributed by atoms with van der Waals surface area (Å²) in [7, 11) is 0. The Kier molecular flexibility index (Phi) is 11.8. The van der Waals surface area contributed by atoms with E-state index < -0.39 is 0 Å². The largest absolute Gasteiger partial charge is 0.207 e. The number of hydrogen-bond acceptors (Lipinski definition) is 0. The van der Waals surface area contributed by atoms with Gasteiger partial charge in [-0.25, -0.2) is 8.78 Å². The molecule has 0 unspecified atom stereocenters. The minimum Gasteiger partial charge on any atom is -0.207 e. The van der Waals surface area contributed by atoms with Gasteiger partial charge >= 0.3 is 0 Å². The first-order chi connectivity index (χ1) is 12.2. The van der Waals surface area contributed by atoms with Crippen LogP contribution in [0.15, 0.2) is 36.4 Å².